The molecule has 2 heterocycles. The standard InChI is InChI=1S/C12H12F3N5O/c1-6-3-7(2)18-11(9(6)10(16)19-21)20-5-8(4-17-20)12(13,14)15/h3-5,21H,1-2H3,(H2,16,19). The molecule has 0 saturated carbocycles. The fraction of sp³-hybridized carbons (Fsp3) is 0.250. The van der Waals surface area contributed by atoms with Gasteiger partial charge in [0.2, 0.25) is 0 Å². The van der Waals surface area contributed by atoms with Crippen molar-refractivity contribution in [1.29, 1.82) is 0 Å². The molecule has 2 aromatic rings. The van der Waals surface area contributed by atoms with E-state index in [1.165, 1.54) is 0 Å². The first-order valence-corrected chi connectivity index (χ1v) is 5.82. The second-order valence-electron chi connectivity index (χ2n) is 4.44. The summed E-state index contributed by atoms with van der Waals surface area (Å²) in [5.41, 5.74) is 6.06. The van der Waals surface area contributed by atoms with Crippen LogP contribution in [0.4, 0.5) is 13.2 Å². The Morgan fingerprint density at radius 3 is 2.57 bits per heavy atom. The van der Waals surface area contributed by atoms with E-state index >= 15 is 0 Å². The van der Waals surface area contributed by atoms with Gasteiger partial charge >= 0.3 is 6.18 Å². The number of alkyl halides is 3. The number of aryl methyl sites for hydroxylation is 2. The van der Waals surface area contributed by atoms with Crippen LogP contribution in [-0.2, 0) is 6.18 Å². The molecular formula is C12H12F3N5O. The maximum Gasteiger partial charge on any atom is 0.419 e. The quantitative estimate of drug-likeness (QED) is 0.384. The highest BCUT2D eigenvalue weighted by Crippen LogP contribution is 2.29. The number of rotatable bonds is 2. The molecule has 9 heteroatoms. The number of nitrogens with two attached hydrogens (primary N) is 1. The number of nitrogens with zero attached hydrogens (tertiary/aromatic N) is 4. The number of aromatic nitrogens is 3. The van der Waals surface area contributed by atoms with E-state index in [9.17, 15) is 13.2 Å². The average molecular weight is 299 g/mol. The number of pyridine rings is 1. The van der Waals surface area contributed by atoms with Gasteiger partial charge in [0.1, 0.15) is 0 Å². The average Bonchev–Trinajstić information content (AvgIpc) is 2.86. The second kappa shape index (κ2) is 5.08. The molecule has 0 unspecified atom stereocenters. The zero-order chi connectivity index (χ0) is 15.8. The number of amidine groups is 1. The van der Waals surface area contributed by atoms with Gasteiger partial charge in [0.25, 0.3) is 0 Å². The molecule has 0 saturated heterocycles. The molecule has 0 aromatic carbocycles. The fourth-order valence-electron chi connectivity index (χ4n) is 1.93. The Balaban J connectivity index is 2.66. The van der Waals surface area contributed by atoms with Crippen LogP contribution in [0.15, 0.2) is 23.6 Å². The van der Waals surface area contributed by atoms with Crippen molar-refractivity contribution in [2.24, 2.45) is 10.9 Å². The Bertz CT molecular complexity index is 705. The van der Waals surface area contributed by atoms with Gasteiger partial charge in [-0.25, -0.2) is 9.67 Å². The van der Waals surface area contributed by atoms with Crippen LogP contribution < -0.4 is 5.73 Å². The smallest absolute Gasteiger partial charge is 0.409 e. The van der Waals surface area contributed by atoms with Gasteiger partial charge in [0.05, 0.1) is 17.3 Å². The van der Waals surface area contributed by atoms with E-state index in [0.717, 1.165) is 10.9 Å². The largest absolute Gasteiger partial charge is 0.419 e. The highest BCUT2D eigenvalue weighted by Gasteiger charge is 2.32. The lowest BCUT2D eigenvalue weighted by Gasteiger charge is -2.11. The first-order valence-electron chi connectivity index (χ1n) is 5.82. The Morgan fingerprint density at radius 1 is 1.38 bits per heavy atom. The van der Waals surface area contributed by atoms with Crippen LogP contribution in [0.3, 0.4) is 0 Å². The minimum atomic E-state index is -4.51. The van der Waals surface area contributed by atoms with Crippen molar-refractivity contribution in [3.05, 3.63) is 40.8 Å². The third-order valence-corrected chi connectivity index (χ3v) is 2.82. The molecule has 2 rings (SSSR count). The zero-order valence-corrected chi connectivity index (χ0v) is 11.2. The van der Waals surface area contributed by atoms with Gasteiger partial charge in [-0.15, -0.1) is 0 Å². The molecule has 0 bridgehead atoms. The van der Waals surface area contributed by atoms with Crippen LogP contribution in [0.5, 0.6) is 0 Å². The fourth-order valence-corrected chi connectivity index (χ4v) is 1.93. The molecule has 2 aromatic heterocycles. The summed E-state index contributed by atoms with van der Waals surface area (Å²) >= 11 is 0. The van der Waals surface area contributed by atoms with Crippen LogP contribution >= 0.6 is 0 Å². The maximum atomic E-state index is 12.6. The van der Waals surface area contributed by atoms with Crippen molar-refractivity contribution in [2.75, 3.05) is 0 Å². The summed E-state index contributed by atoms with van der Waals surface area (Å²) in [4.78, 5) is 4.13. The first kappa shape index (κ1) is 14.8. The minimum Gasteiger partial charge on any atom is -0.409 e. The summed E-state index contributed by atoms with van der Waals surface area (Å²) in [6.07, 6.45) is -3.02. The number of hydrogen-bond donors (Lipinski definition) is 2. The normalized spacial score (nSPS) is 12.7. The van der Waals surface area contributed by atoms with Gasteiger partial charge in [0, 0.05) is 11.9 Å². The molecule has 0 amide bonds. The molecule has 0 aliphatic carbocycles. The summed E-state index contributed by atoms with van der Waals surface area (Å²) in [6.45, 7) is 3.36. The number of halogens is 3. The van der Waals surface area contributed by atoms with Gasteiger partial charge in [-0.1, -0.05) is 5.16 Å². The van der Waals surface area contributed by atoms with Crippen LogP contribution in [0.1, 0.15) is 22.4 Å². The van der Waals surface area contributed by atoms with E-state index < -0.39 is 11.7 Å². The van der Waals surface area contributed by atoms with Crippen LogP contribution in [-0.4, -0.2) is 25.8 Å². The molecule has 0 aliphatic heterocycles. The maximum absolute atomic E-state index is 12.6. The molecule has 21 heavy (non-hydrogen) atoms. The Labute approximate surface area is 117 Å². The molecule has 112 valence electrons. The van der Waals surface area contributed by atoms with E-state index in [2.05, 4.69) is 15.2 Å². The topological polar surface area (TPSA) is 89.3 Å². The van der Waals surface area contributed by atoms with Crippen molar-refractivity contribution >= 4 is 5.84 Å². The van der Waals surface area contributed by atoms with Crippen molar-refractivity contribution in [3.8, 4) is 5.82 Å². The van der Waals surface area contributed by atoms with E-state index in [4.69, 9.17) is 10.9 Å². The Morgan fingerprint density at radius 2 is 2.05 bits per heavy atom. The van der Waals surface area contributed by atoms with Crippen molar-refractivity contribution in [2.45, 2.75) is 20.0 Å². The summed E-state index contributed by atoms with van der Waals surface area (Å²) < 4.78 is 38.9. The summed E-state index contributed by atoms with van der Waals surface area (Å²) in [7, 11) is 0. The molecule has 3 N–H and O–H groups in total. The zero-order valence-electron chi connectivity index (χ0n) is 11.2. The number of hydrogen-bond acceptors (Lipinski definition) is 4. The Kier molecular flexibility index (Phi) is 3.58. The van der Waals surface area contributed by atoms with E-state index in [0.29, 0.717) is 17.5 Å². The first-order chi connectivity index (χ1) is 9.74. The summed E-state index contributed by atoms with van der Waals surface area (Å²) in [5, 5.41) is 15.3. The van der Waals surface area contributed by atoms with E-state index in [1.807, 2.05) is 0 Å². The van der Waals surface area contributed by atoms with Gasteiger partial charge in [-0.3, -0.25) is 0 Å². The molecule has 0 radical (unpaired) electrons. The van der Waals surface area contributed by atoms with Gasteiger partial charge < -0.3 is 10.9 Å². The predicted octanol–water partition coefficient (Wildman–Crippen LogP) is 2.00. The molecular weight excluding hydrogens is 287 g/mol. The van der Waals surface area contributed by atoms with Crippen LogP contribution in [0, 0.1) is 13.8 Å². The minimum absolute atomic E-state index is 0.0679. The lowest BCUT2D eigenvalue weighted by molar-refractivity contribution is -0.137. The number of oxime groups is 1. The monoisotopic (exact) mass is 299 g/mol. The third-order valence-electron chi connectivity index (χ3n) is 2.82. The van der Waals surface area contributed by atoms with Crippen molar-refractivity contribution in [1.82, 2.24) is 14.8 Å². The van der Waals surface area contributed by atoms with Crippen molar-refractivity contribution in [3.63, 3.8) is 0 Å². The van der Waals surface area contributed by atoms with Crippen LogP contribution in [0.25, 0.3) is 5.82 Å². The predicted molar refractivity (Wildman–Crippen MR) is 68.3 cm³/mol. The Hall–Kier alpha value is -2.58. The SMILES string of the molecule is Cc1cc(C)c(C(N)=NO)c(-n2cc(C(F)(F)F)cn2)n1. The van der Waals surface area contributed by atoms with Gasteiger partial charge in [0.15, 0.2) is 11.7 Å². The summed E-state index contributed by atoms with van der Waals surface area (Å²) in [5.74, 6) is -0.183. The molecule has 0 aliphatic rings. The second-order valence-corrected chi connectivity index (χ2v) is 4.44. The molecule has 0 fully saturated rings. The highest BCUT2D eigenvalue weighted by atomic mass is 19.4. The van der Waals surface area contributed by atoms with E-state index in [-0.39, 0.29) is 17.2 Å². The lowest BCUT2D eigenvalue weighted by atomic mass is 10.1. The molecule has 0 atom stereocenters. The highest BCUT2D eigenvalue weighted by molar-refractivity contribution is 6.01. The molecule has 0 spiro atoms. The van der Waals surface area contributed by atoms with Crippen molar-refractivity contribution < 1.29 is 18.4 Å². The molecule has 6 nitrogen and oxygen atoms in total. The van der Waals surface area contributed by atoms with Gasteiger partial charge in [-0.05, 0) is 25.5 Å². The van der Waals surface area contributed by atoms with Gasteiger partial charge in [-0.2, -0.15) is 18.3 Å². The van der Waals surface area contributed by atoms with E-state index in [1.54, 1.807) is 19.9 Å². The summed E-state index contributed by atoms with van der Waals surface area (Å²) in [6, 6.07) is 1.67. The third kappa shape index (κ3) is 2.81. The van der Waals surface area contributed by atoms with Crippen LogP contribution in [0.2, 0.25) is 0 Å². The lowest BCUT2D eigenvalue weighted by Crippen LogP contribution is -2.20.